The molecule has 0 bridgehead atoms. The average Bonchev–Trinajstić information content (AvgIpc) is 3.34. The lowest BCUT2D eigenvalue weighted by atomic mass is 10.2. The number of fused-ring (bicyclic) bond motifs is 1. The SMILES string of the molecule is CN1CCN(C(=O)Cn2cc3cc(NC(=O)c4coc(C5CC5)n4)c(Br)cc3n2)CC1. The maximum Gasteiger partial charge on any atom is 0.277 e. The van der Waals surface area contributed by atoms with Gasteiger partial charge in [0.2, 0.25) is 5.91 Å². The van der Waals surface area contributed by atoms with Gasteiger partial charge in [-0.2, -0.15) is 5.10 Å². The number of hydrogen-bond donors (Lipinski definition) is 1. The first-order chi connectivity index (χ1) is 15.0. The van der Waals surface area contributed by atoms with Crippen LogP contribution in [0.4, 0.5) is 5.69 Å². The van der Waals surface area contributed by atoms with Crippen LogP contribution in [-0.4, -0.2) is 69.6 Å². The minimum Gasteiger partial charge on any atom is -0.448 e. The van der Waals surface area contributed by atoms with Gasteiger partial charge in [-0.25, -0.2) is 4.98 Å². The van der Waals surface area contributed by atoms with Gasteiger partial charge in [0.05, 0.1) is 11.2 Å². The van der Waals surface area contributed by atoms with Crippen molar-refractivity contribution in [3.8, 4) is 0 Å². The van der Waals surface area contributed by atoms with Gasteiger partial charge in [0.25, 0.3) is 5.91 Å². The van der Waals surface area contributed by atoms with Crippen molar-refractivity contribution in [2.45, 2.75) is 25.3 Å². The fourth-order valence-corrected chi connectivity index (χ4v) is 4.09. The Morgan fingerprint density at radius 3 is 2.74 bits per heavy atom. The molecule has 1 aliphatic heterocycles. The number of likely N-dealkylation sites (N-methyl/N-ethyl adjacent to an activating group) is 1. The summed E-state index contributed by atoms with van der Waals surface area (Å²) in [6, 6.07) is 3.67. The number of anilines is 1. The van der Waals surface area contributed by atoms with E-state index in [1.165, 1.54) is 6.26 Å². The number of amides is 2. The van der Waals surface area contributed by atoms with Crippen LogP contribution in [-0.2, 0) is 11.3 Å². The topological polar surface area (TPSA) is 96.5 Å². The zero-order valence-corrected chi connectivity index (χ0v) is 18.8. The second kappa shape index (κ2) is 8.08. The lowest BCUT2D eigenvalue weighted by Crippen LogP contribution is -2.48. The van der Waals surface area contributed by atoms with Crippen molar-refractivity contribution in [2.24, 2.45) is 0 Å². The normalized spacial score (nSPS) is 17.3. The quantitative estimate of drug-likeness (QED) is 0.595. The highest BCUT2D eigenvalue weighted by Crippen LogP contribution is 2.39. The molecule has 2 fully saturated rings. The van der Waals surface area contributed by atoms with Crippen LogP contribution < -0.4 is 5.32 Å². The summed E-state index contributed by atoms with van der Waals surface area (Å²) < 4.78 is 7.77. The number of aromatic nitrogens is 3. The number of carbonyl (C=O) groups excluding carboxylic acids is 2. The molecule has 3 aromatic rings. The van der Waals surface area contributed by atoms with Crippen molar-refractivity contribution in [1.29, 1.82) is 0 Å². The maximum atomic E-state index is 12.6. The molecule has 10 heteroatoms. The third-order valence-electron chi connectivity index (χ3n) is 5.72. The number of rotatable bonds is 5. The van der Waals surface area contributed by atoms with E-state index in [1.807, 2.05) is 23.2 Å². The number of oxazole rings is 1. The van der Waals surface area contributed by atoms with E-state index in [9.17, 15) is 9.59 Å². The Bertz CT molecular complexity index is 1140. The molecular formula is C21H23BrN6O3. The van der Waals surface area contributed by atoms with E-state index >= 15 is 0 Å². The van der Waals surface area contributed by atoms with E-state index < -0.39 is 0 Å². The highest BCUT2D eigenvalue weighted by atomic mass is 79.9. The van der Waals surface area contributed by atoms with Gasteiger partial charge < -0.3 is 19.5 Å². The van der Waals surface area contributed by atoms with E-state index in [2.05, 4.69) is 43.3 Å². The summed E-state index contributed by atoms with van der Waals surface area (Å²) in [4.78, 5) is 33.6. The summed E-state index contributed by atoms with van der Waals surface area (Å²) in [7, 11) is 2.06. The monoisotopic (exact) mass is 486 g/mol. The molecule has 0 spiro atoms. The Kier molecular flexibility index (Phi) is 5.27. The molecule has 3 heterocycles. The Hall–Kier alpha value is -2.72. The van der Waals surface area contributed by atoms with E-state index in [1.54, 1.807) is 4.68 Å². The summed E-state index contributed by atoms with van der Waals surface area (Å²) in [6.45, 7) is 3.44. The van der Waals surface area contributed by atoms with Gasteiger partial charge in [0.15, 0.2) is 11.6 Å². The van der Waals surface area contributed by atoms with Crippen LogP contribution >= 0.6 is 15.9 Å². The molecule has 1 aliphatic carbocycles. The van der Waals surface area contributed by atoms with Crippen LogP contribution in [0.5, 0.6) is 0 Å². The van der Waals surface area contributed by atoms with Crippen LogP contribution in [0, 0.1) is 0 Å². The summed E-state index contributed by atoms with van der Waals surface area (Å²) in [5, 5.41) is 8.23. The highest BCUT2D eigenvalue weighted by molar-refractivity contribution is 9.10. The number of benzene rings is 1. The second-order valence-electron chi connectivity index (χ2n) is 8.20. The van der Waals surface area contributed by atoms with Gasteiger partial charge in [0.1, 0.15) is 12.8 Å². The van der Waals surface area contributed by atoms with E-state index in [0.29, 0.717) is 22.0 Å². The molecule has 1 aromatic carbocycles. The molecule has 162 valence electrons. The molecule has 2 amide bonds. The summed E-state index contributed by atoms with van der Waals surface area (Å²) >= 11 is 3.50. The number of nitrogens with zero attached hydrogens (tertiary/aromatic N) is 5. The smallest absolute Gasteiger partial charge is 0.277 e. The standard InChI is InChI=1S/C21H23BrN6O3/c1-26-4-6-27(7-5-26)19(29)11-28-10-14-8-17(15(22)9-16(14)25-28)23-20(30)18-12-31-21(24-18)13-2-3-13/h8-10,12-13H,2-7,11H2,1H3,(H,23,30). The predicted molar refractivity (Wildman–Crippen MR) is 118 cm³/mol. The molecular weight excluding hydrogens is 464 g/mol. The molecule has 1 saturated carbocycles. The largest absolute Gasteiger partial charge is 0.448 e. The van der Waals surface area contributed by atoms with Crippen molar-refractivity contribution < 1.29 is 14.0 Å². The first-order valence-corrected chi connectivity index (χ1v) is 11.2. The third-order valence-corrected chi connectivity index (χ3v) is 6.38. The lowest BCUT2D eigenvalue weighted by molar-refractivity contribution is -0.133. The fourth-order valence-electron chi connectivity index (χ4n) is 3.66. The van der Waals surface area contributed by atoms with Gasteiger partial charge in [-0.15, -0.1) is 0 Å². The molecule has 2 aliphatic rings. The lowest BCUT2D eigenvalue weighted by Gasteiger charge is -2.32. The molecule has 0 atom stereocenters. The van der Waals surface area contributed by atoms with Crippen molar-refractivity contribution in [3.05, 3.63) is 40.7 Å². The number of halogens is 1. The van der Waals surface area contributed by atoms with E-state index in [4.69, 9.17) is 4.42 Å². The third kappa shape index (κ3) is 4.35. The number of nitrogens with one attached hydrogen (secondary N) is 1. The second-order valence-corrected chi connectivity index (χ2v) is 9.06. The van der Waals surface area contributed by atoms with Crippen molar-refractivity contribution in [2.75, 3.05) is 38.5 Å². The predicted octanol–water partition coefficient (Wildman–Crippen LogP) is 2.69. The maximum absolute atomic E-state index is 12.6. The molecule has 9 nitrogen and oxygen atoms in total. The van der Waals surface area contributed by atoms with Crippen LogP contribution in [0.25, 0.3) is 10.9 Å². The van der Waals surface area contributed by atoms with E-state index in [0.717, 1.165) is 49.9 Å². The number of carbonyl (C=O) groups is 2. The summed E-state index contributed by atoms with van der Waals surface area (Å²) in [6.07, 6.45) is 5.35. The van der Waals surface area contributed by atoms with Crippen molar-refractivity contribution in [1.82, 2.24) is 24.6 Å². The Morgan fingerprint density at radius 1 is 1.23 bits per heavy atom. The highest BCUT2D eigenvalue weighted by Gasteiger charge is 2.29. The van der Waals surface area contributed by atoms with Crippen LogP contribution in [0.3, 0.4) is 0 Å². The Labute approximate surface area is 187 Å². The van der Waals surface area contributed by atoms with Crippen LogP contribution in [0.2, 0.25) is 0 Å². The zero-order valence-electron chi connectivity index (χ0n) is 17.2. The Balaban J connectivity index is 1.29. The molecule has 31 heavy (non-hydrogen) atoms. The van der Waals surface area contributed by atoms with Gasteiger partial charge in [-0.1, -0.05) is 0 Å². The van der Waals surface area contributed by atoms with Crippen molar-refractivity contribution in [3.63, 3.8) is 0 Å². The zero-order chi connectivity index (χ0) is 21.5. The minimum absolute atomic E-state index is 0.0611. The van der Waals surface area contributed by atoms with Crippen LogP contribution in [0.15, 0.2) is 33.5 Å². The van der Waals surface area contributed by atoms with Gasteiger partial charge in [-0.3, -0.25) is 14.3 Å². The van der Waals surface area contributed by atoms with E-state index in [-0.39, 0.29) is 24.1 Å². The number of piperazine rings is 1. The molecule has 0 unspecified atom stereocenters. The van der Waals surface area contributed by atoms with Gasteiger partial charge in [0, 0.05) is 48.2 Å². The first-order valence-electron chi connectivity index (χ1n) is 10.4. The first kappa shape index (κ1) is 20.2. The number of hydrogen-bond acceptors (Lipinski definition) is 6. The Morgan fingerprint density at radius 2 is 2.00 bits per heavy atom. The van der Waals surface area contributed by atoms with Crippen LogP contribution in [0.1, 0.15) is 35.1 Å². The molecule has 1 saturated heterocycles. The minimum atomic E-state index is -0.326. The van der Waals surface area contributed by atoms with Crippen molar-refractivity contribution >= 4 is 44.3 Å². The average molecular weight is 487 g/mol. The van der Waals surface area contributed by atoms with Gasteiger partial charge in [-0.05, 0) is 48.0 Å². The summed E-state index contributed by atoms with van der Waals surface area (Å²) in [5.41, 5.74) is 1.62. The summed E-state index contributed by atoms with van der Waals surface area (Å²) in [5.74, 6) is 0.717. The molecule has 5 rings (SSSR count). The molecule has 0 radical (unpaired) electrons. The molecule has 1 N–H and O–H groups in total. The fraction of sp³-hybridized carbons (Fsp3) is 0.429. The van der Waals surface area contributed by atoms with Gasteiger partial charge >= 0.3 is 0 Å². The molecule has 2 aromatic heterocycles.